The molecule has 1 atom stereocenters. The number of rotatable bonds is 6. The Morgan fingerprint density at radius 3 is 1.50 bits per heavy atom. The molecule has 0 aromatic rings. The summed E-state index contributed by atoms with van der Waals surface area (Å²) >= 11 is 0. The Balaban J connectivity index is 4.80. The molecule has 0 saturated carbocycles. The molecule has 0 amide bonds. The van der Waals surface area contributed by atoms with Gasteiger partial charge < -0.3 is 10.00 Å². The lowest BCUT2D eigenvalue weighted by molar-refractivity contribution is 0.108. The van der Waals surface area contributed by atoms with Crippen LogP contribution in [0.15, 0.2) is 0 Å². The van der Waals surface area contributed by atoms with Crippen LogP contribution in [-0.2, 0) is 0 Å². The Labute approximate surface area is 89.6 Å². The summed E-state index contributed by atoms with van der Waals surface area (Å²) in [7, 11) is -1.32. The Morgan fingerprint density at radius 2 is 1.29 bits per heavy atom. The fourth-order valence-electron chi connectivity index (χ4n) is 1.60. The monoisotopic (exact) mass is 220 g/mol. The summed E-state index contributed by atoms with van der Waals surface area (Å²) in [4.78, 5) is 10.3. The first-order valence-electron chi connectivity index (χ1n) is 5.61. The van der Waals surface area contributed by atoms with Gasteiger partial charge in [0.25, 0.3) is 0 Å². The van der Waals surface area contributed by atoms with Gasteiger partial charge in [0.05, 0.1) is 8.15 Å². The molecule has 0 aliphatic carbocycles. The van der Waals surface area contributed by atoms with Gasteiger partial charge in [-0.1, -0.05) is 34.6 Å². The SMILES string of the molecule is CCC(C)(CC)P(O)C(O)(CC)CC. The van der Waals surface area contributed by atoms with Gasteiger partial charge in [-0.25, -0.2) is 0 Å². The summed E-state index contributed by atoms with van der Waals surface area (Å²) in [6, 6.07) is 0. The highest BCUT2D eigenvalue weighted by Gasteiger charge is 2.43. The van der Waals surface area contributed by atoms with E-state index in [2.05, 4.69) is 20.8 Å². The second kappa shape index (κ2) is 5.44. The van der Waals surface area contributed by atoms with Gasteiger partial charge in [-0.2, -0.15) is 0 Å². The van der Waals surface area contributed by atoms with Crippen LogP contribution >= 0.6 is 8.15 Å². The van der Waals surface area contributed by atoms with E-state index >= 15 is 0 Å². The van der Waals surface area contributed by atoms with Crippen molar-refractivity contribution >= 4 is 8.15 Å². The molecule has 0 aliphatic heterocycles. The fraction of sp³-hybridized carbons (Fsp3) is 1.00. The minimum atomic E-state index is -1.32. The highest BCUT2D eigenvalue weighted by Crippen LogP contribution is 2.60. The van der Waals surface area contributed by atoms with Crippen LogP contribution in [0.5, 0.6) is 0 Å². The molecule has 0 radical (unpaired) electrons. The molecule has 0 aromatic carbocycles. The standard InChI is InChI=1S/C11H25O2P/c1-6-10(5,7-2)14(13)11(12,8-3)9-4/h12-13H,6-9H2,1-5H3. The number of hydrogen-bond donors (Lipinski definition) is 2. The zero-order chi connectivity index (χ0) is 11.4. The van der Waals surface area contributed by atoms with Crippen molar-refractivity contribution in [2.24, 2.45) is 0 Å². The van der Waals surface area contributed by atoms with E-state index < -0.39 is 13.5 Å². The molecule has 3 heteroatoms. The van der Waals surface area contributed by atoms with Crippen molar-refractivity contribution in [3.63, 3.8) is 0 Å². The molecular formula is C11H25O2P. The van der Waals surface area contributed by atoms with Gasteiger partial charge in [0.15, 0.2) is 0 Å². The van der Waals surface area contributed by atoms with Crippen molar-refractivity contribution in [3.8, 4) is 0 Å². The number of aliphatic hydroxyl groups is 1. The van der Waals surface area contributed by atoms with Crippen LogP contribution in [0.3, 0.4) is 0 Å². The molecule has 2 nitrogen and oxygen atoms in total. The second-order valence-corrected chi connectivity index (χ2v) is 6.74. The average Bonchev–Trinajstić information content (AvgIpc) is 2.25. The molecule has 2 N–H and O–H groups in total. The Kier molecular flexibility index (Phi) is 5.57. The van der Waals surface area contributed by atoms with Crippen LogP contribution in [-0.4, -0.2) is 20.5 Å². The molecule has 0 heterocycles. The van der Waals surface area contributed by atoms with E-state index in [-0.39, 0.29) is 5.16 Å². The molecule has 0 saturated heterocycles. The van der Waals surface area contributed by atoms with Gasteiger partial charge in [-0.15, -0.1) is 0 Å². The van der Waals surface area contributed by atoms with Crippen molar-refractivity contribution in [2.45, 2.75) is 70.8 Å². The van der Waals surface area contributed by atoms with Gasteiger partial charge >= 0.3 is 0 Å². The zero-order valence-corrected chi connectivity index (χ0v) is 11.1. The van der Waals surface area contributed by atoms with Gasteiger partial charge in [0.1, 0.15) is 5.34 Å². The third-order valence-electron chi connectivity index (χ3n) is 3.56. The summed E-state index contributed by atoms with van der Waals surface area (Å²) in [5, 5.41) is 9.32. The van der Waals surface area contributed by atoms with Crippen LogP contribution in [0, 0.1) is 0 Å². The van der Waals surface area contributed by atoms with Crippen LogP contribution in [0.1, 0.15) is 60.3 Å². The van der Waals surface area contributed by atoms with E-state index in [9.17, 15) is 10.00 Å². The van der Waals surface area contributed by atoms with E-state index in [1.807, 2.05) is 13.8 Å². The molecule has 1 unspecified atom stereocenters. The number of hydrogen-bond acceptors (Lipinski definition) is 2. The van der Waals surface area contributed by atoms with Crippen molar-refractivity contribution in [1.29, 1.82) is 0 Å². The first-order valence-corrected chi connectivity index (χ1v) is 6.91. The molecule has 0 aromatic heterocycles. The van der Waals surface area contributed by atoms with Crippen molar-refractivity contribution in [2.75, 3.05) is 0 Å². The summed E-state index contributed by atoms with van der Waals surface area (Å²) in [6.45, 7) is 10.1. The quantitative estimate of drug-likeness (QED) is 0.673. The van der Waals surface area contributed by atoms with E-state index in [4.69, 9.17) is 0 Å². The van der Waals surface area contributed by atoms with Gasteiger partial charge in [-0.3, -0.25) is 0 Å². The molecule has 0 spiro atoms. The maximum absolute atomic E-state index is 10.3. The van der Waals surface area contributed by atoms with E-state index in [1.54, 1.807) is 0 Å². The second-order valence-electron chi connectivity index (χ2n) is 4.21. The predicted octanol–water partition coefficient (Wildman–Crippen LogP) is 3.46. The lowest BCUT2D eigenvalue weighted by Crippen LogP contribution is -2.34. The summed E-state index contributed by atoms with van der Waals surface area (Å²) in [5.74, 6) is 0. The van der Waals surface area contributed by atoms with Crippen LogP contribution in [0.2, 0.25) is 0 Å². The Hall–Kier alpha value is 0.350. The van der Waals surface area contributed by atoms with Crippen LogP contribution in [0.4, 0.5) is 0 Å². The van der Waals surface area contributed by atoms with Crippen molar-refractivity contribution < 1.29 is 10.00 Å². The highest BCUT2D eigenvalue weighted by atomic mass is 31.1. The van der Waals surface area contributed by atoms with Gasteiger partial charge in [0.2, 0.25) is 0 Å². The predicted molar refractivity (Wildman–Crippen MR) is 63.7 cm³/mol. The smallest absolute Gasteiger partial charge is 0.108 e. The van der Waals surface area contributed by atoms with E-state index in [1.165, 1.54) is 0 Å². The third-order valence-corrected chi connectivity index (χ3v) is 6.64. The van der Waals surface area contributed by atoms with Crippen LogP contribution < -0.4 is 0 Å². The first-order chi connectivity index (χ1) is 6.40. The summed E-state index contributed by atoms with van der Waals surface area (Å²) in [6.07, 6.45) is 3.13. The van der Waals surface area contributed by atoms with Crippen LogP contribution in [0.25, 0.3) is 0 Å². The van der Waals surface area contributed by atoms with E-state index in [0.717, 1.165) is 12.8 Å². The summed E-state index contributed by atoms with van der Waals surface area (Å²) < 4.78 is 0. The van der Waals surface area contributed by atoms with Crippen molar-refractivity contribution in [3.05, 3.63) is 0 Å². The van der Waals surface area contributed by atoms with Crippen molar-refractivity contribution in [1.82, 2.24) is 0 Å². The Bertz CT molecular complexity index is 145. The molecule has 0 rings (SSSR count). The minimum absolute atomic E-state index is 0.101. The highest BCUT2D eigenvalue weighted by molar-refractivity contribution is 7.54. The molecule has 0 fully saturated rings. The summed E-state index contributed by atoms with van der Waals surface area (Å²) in [5.41, 5.74) is 0. The zero-order valence-electron chi connectivity index (χ0n) is 10.2. The third kappa shape index (κ3) is 2.68. The van der Waals surface area contributed by atoms with E-state index in [0.29, 0.717) is 12.8 Å². The molecular weight excluding hydrogens is 195 g/mol. The first kappa shape index (κ1) is 14.3. The fourth-order valence-corrected chi connectivity index (χ4v) is 3.80. The maximum atomic E-state index is 10.3. The topological polar surface area (TPSA) is 40.5 Å². The Morgan fingerprint density at radius 1 is 0.929 bits per heavy atom. The molecule has 86 valence electrons. The lowest BCUT2D eigenvalue weighted by Gasteiger charge is -2.42. The molecule has 0 bridgehead atoms. The normalized spacial score (nSPS) is 15.6. The molecule has 14 heavy (non-hydrogen) atoms. The average molecular weight is 220 g/mol. The minimum Gasteiger partial charge on any atom is -0.383 e. The maximum Gasteiger partial charge on any atom is 0.108 e. The van der Waals surface area contributed by atoms with Gasteiger partial charge in [-0.05, 0) is 25.7 Å². The van der Waals surface area contributed by atoms with Gasteiger partial charge in [0, 0.05) is 5.16 Å². The largest absolute Gasteiger partial charge is 0.383 e. The molecule has 0 aliphatic rings. The lowest BCUT2D eigenvalue weighted by atomic mass is 10.1.